The van der Waals surface area contributed by atoms with E-state index in [1.54, 1.807) is 0 Å². The molecule has 16 heteroatoms. The van der Waals surface area contributed by atoms with E-state index >= 15 is 0 Å². The van der Waals surface area contributed by atoms with Crippen molar-refractivity contribution in [1.82, 2.24) is 29.9 Å². The maximum atomic E-state index is 10.0. The number of fused-ring (bicyclic) bond motifs is 7. The fraction of sp³-hybridized carbons (Fsp3) is 0.208. The SMILES string of the molecule is CC(=O)C=C(C)O.CC(=O)C=C(C)O.C[Si](C)(C)c1cc(-c2[c-]cccc2)ncc1-c1ccccc1.Cc1[c-]c(-c2nccc3c(C(C)C)cc(C(C)C)cc23)cc(C)c1.Cc1cccnc1-c1[c-]cccc1.Cc1cnc2c3[c-]cccc3c3ccccc3c2n1.[CH3][Ge]([CH3])([CH3])[c]1ccc(-c2[c-]cccc2)nc1.[Ir].[Ir].[Ir].[Ir]. The molecule has 0 aliphatic rings. The Morgan fingerprint density at radius 1 is 0.464 bits per heavy atom. The number of aryl methyl sites for hydroxylation is 4. The van der Waals surface area contributed by atoms with Gasteiger partial charge in [-0.15, -0.1) is 136 Å². The maximum absolute atomic E-state index is 10.0. The summed E-state index contributed by atoms with van der Waals surface area (Å²) in [5.74, 6) is 8.01. The van der Waals surface area contributed by atoms with Gasteiger partial charge in [0.2, 0.25) is 0 Å². The summed E-state index contributed by atoms with van der Waals surface area (Å²) in [6, 6.07) is 87.1. The van der Waals surface area contributed by atoms with Crippen molar-refractivity contribution >= 4 is 85.8 Å². The minimum absolute atomic E-state index is 0. The minimum Gasteiger partial charge on any atom is 0 e. The van der Waals surface area contributed by atoms with Crippen LogP contribution in [0.2, 0.25) is 36.9 Å². The van der Waals surface area contributed by atoms with Gasteiger partial charge in [0.05, 0.1) is 30.8 Å². The summed E-state index contributed by atoms with van der Waals surface area (Å²) in [4.78, 5) is 47.5. The second kappa shape index (κ2) is 46.0. The topological polar surface area (TPSA) is 152 Å². The van der Waals surface area contributed by atoms with E-state index in [4.69, 9.17) is 20.2 Å². The molecule has 112 heavy (non-hydrogen) atoms. The third-order valence-electron chi connectivity index (χ3n) is 17.3. The number of hydrogen-bond acceptors (Lipinski definition) is 10. The van der Waals surface area contributed by atoms with Crippen LogP contribution < -0.4 is 9.58 Å². The first-order valence-corrected chi connectivity index (χ1v) is 47.3. The first kappa shape index (κ1) is 95.8. The van der Waals surface area contributed by atoms with Gasteiger partial charge in [0, 0.05) is 123 Å². The Balaban J connectivity index is 0.000000283. The van der Waals surface area contributed by atoms with Gasteiger partial charge in [-0.3, -0.25) is 14.6 Å². The number of aliphatic hydroxyl groups excluding tert-OH is 2. The van der Waals surface area contributed by atoms with E-state index in [0.29, 0.717) is 11.8 Å². The summed E-state index contributed by atoms with van der Waals surface area (Å²) < 4.78 is 1.44. The number of carbonyl (C=O) groups excluding carboxylic acids is 2. The van der Waals surface area contributed by atoms with Crippen LogP contribution in [0, 0.1) is 58.0 Å². The van der Waals surface area contributed by atoms with Crippen LogP contribution in [0.3, 0.4) is 0 Å². The number of carbonyl (C=O) groups is 2. The molecule has 4 radical (unpaired) electrons. The Hall–Kier alpha value is -8.52. The smallest absolute Gasteiger partial charge is 0 e. The van der Waals surface area contributed by atoms with Crippen molar-refractivity contribution in [1.29, 1.82) is 0 Å². The summed E-state index contributed by atoms with van der Waals surface area (Å²) in [5.41, 5.74) is 20.1. The van der Waals surface area contributed by atoms with Crippen molar-refractivity contribution < 1.29 is 100 Å². The molecule has 2 N–H and O–H groups in total. The predicted octanol–water partition coefficient (Wildman–Crippen LogP) is 23.4. The Kier molecular flexibility index (Phi) is 39.4. The molecule has 0 spiro atoms. The monoisotopic (exact) mass is 2270 g/mol. The van der Waals surface area contributed by atoms with Gasteiger partial charge in [0.25, 0.3) is 0 Å². The predicted molar refractivity (Wildman–Crippen MR) is 458 cm³/mol. The van der Waals surface area contributed by atoms with Crippen molar-refractivity contribution in [3.63, 3.8) is 0 Å². The first-order valence-electron chi connectivity index (χ1n) is 36.5. The van der Waals surface area contributed by atoms with Crippen LogP contribution in [0.4, 0.5) is 0 Å². The Bertz CT molecular complexity index is 5320. The number of allylic oxidation sites excluding steroid dienone is 4. The van der Waals surface area contributed by atoms with Crippen molar-refractivity contribution in [2.45, 2.75) is 132 Å². The normalized spacial score (nSPS) is 10.9. The zero-order valence-electron chi connectivity index (χ0n) is 67.1. The van der Waals surface area contributed by atoms with Crippen LogP contribution in [-0.4, -0.2) is 73.0 Å². The first-order chi connectivity index (χ1) is 51.5. The third-order valence-corrected chi connectivity index (χ3v) is 23.6. The second-order valence-electron chi connectivity index (χ2n) is 29.3. The van der Waals surface area contributed by atoms with Crippen LogP contribution in [-0.2, 0) is 90.0 Å². The largest absolute Gasteiger partial charge is 0 e. The maximum Gasteiger partial charge on any atom is 0 e. The number of pyridine rings is 4. The summed E-state index contributed by atoms with van der Waals surface area (Å²) in [6.45, 7) is 30.1. The molecule has 10 nitrogen and oxygen atoms in total. The van der Waals surface area contributed by atoms with Crippen LogP contribution in [0.15, 0.2) is 261 Å². The summed E-state index contributed by atoms with van der Waals surface area (Å²) in [7, 11) is -1.48. The van der Waals surface area contributed by atoms with Gasteiger partial charge in [-0.25, -0.2) is 0 Å². The molecule has 0 aliphatic carbocycles. The van der Waals surface area contributed by atoms with Gasteiger partial charge in [-0.1, -0.05) is 162 Å². The zero-order valence-corrected chi connectivity index (χ0v) is 79.7. The number of benzene rings is 9. The van der Waals surface area contributed by atoms with Crippen molar-refractivity contribution in [2.75, 3.05) is 0 Å². The van der Waals surface area contributed by atoms with Gasteiger partial charge in [0.1, 0.15) is 0 Å². The van der Waals surface area contributed by atoms with Gasteiger partial charge in [-0.2, -0.15) is 0 Å². The molecular weight excluding hydrogens is 2170 g/mol. The number of nitrogens with zero attached hydrogens (tertiary/aromatic N) is 6. The Labute approximate surface area is 721 Å². The molecule has 586 valence electrons. The molecule has 0 unspecified atom stereocenters. The average Bonchev–Trinajstić information content (AvgIpc) is 0.750. The summed E-state index contributed by atoms with van der Waals surface area (Å²) >= 11 is -1.72. The van der Waals surface area contributed by atoms with Gasteiger partial charge in [-0.05, 0) is 121 Å². The molecule has 0 amide bonds. The molecule has 14 rings (SSSR count). The fourth-order valence-corrected chi connectivity index (χ4v) is 15.8. The van der Waals surface area contributed by atoms with Gasteiger partial charge < -0.3 is 30.1 Å². The Morgan fingerprint density at radius 3 is 1.54 bits per heavy atom. The van der Waals surface area contributed by atoms with Crippen LogP contribution in [0.5, 0.6) is 0 Å². The average molecular weight is 2270 g/mol. The number of hydrogen-bond donors (Lipinski definition) is 2. The van der Waals surface area contributed by atoms with E-state index < -0.39 is 21.3 Å². The zero-order chi connectivity index (χ0) is 78.2. The van der Waals surface area contributed by atoms with E-state index in [1.807, 2.05) is 129 Å². The van der Waals surface area contributed by atoms with Crippen molar-refractivity contribution in [3.8, 4) is 56.2 Å². The van der Waals surface area contributed by atoms with E-state index in [1.165, 1.54) is 104 Å². The van der Waals surface area contributed by atoms with E-state index in [-0.39, 0.29) is 104 Å². The Morgan fingerprint density at radius 2 is 1.02 bits per heavy atom. The molecule has 14 aromatic rings. The van der Waals surface area contributed by atoms with Crippen molar-refractivity contribution in [2.24, 2.45) is 0 Å². The number of aromatic nitrogens is 6. The minimum atomic E-state index is -1.72. The van der Waals surface area contributed by atoms with Gasteiger partial charge in [0.15, 0.2) is 11.6 Å². The van der Waals surface area contributed by atoms with E-state index in [9.17, 15) is 9.59 Å². The molecule has 0 fully saturated rings. The molecule has 5 heterocycles. The summed E-state index contributed by atoms with van der Waals surface area (Å²) in [5, 5.41) is 25.3. The molecule has 0 saturated carbocycles. The van der Waals surface area contributed by atoms with E-state index in [2.05, 4.69) is 251 Å². The van der Waals surface area contributed by atoms with Gasteiger partial charge >= 0.3 is 99.8 Å². The summed E-state index contributed by atoms with van der Waals surface area (Å²) in [6.07, 6.45) is 12.0. The molecule has 0 atom stereocenters. The quantitative estimate of drug-likeness (QED) is 0.0421. The second-order valence-corrected chi connectivity index (χ2v) is 45.0. The molecule has 5 aromatic heterocycles. The fourth-order valence-electron chi connectivity index (χ4n) is 12.1. The number of rotatable bonds is 11. The molecule has 9 aromatic carbocycles. The molecule has 0 bridgehead atoms. The van der Waals surface area contributed by atoms with E-state index in [0.717, 1.165) is 78.1 Å². The van der Waals surface area contributed by atoms with Crippen LogP contribution >= 0.6 is 0 Å². The molecule has 0 aliphatic heterocycles. The standard InChI is InChI=1S/C23H26N.C20H20NSi.C17H11N2.C14H16GeN.C12H10N.2C5H8O2.4Ir/c1-14(2)18-12-21(15(3)4)20-7-8-24-23(22(20)13-18)19-10-16(5)9-17(6)11-19;1-22(2,3)20-14-19(17-12-8-5-9-13-17)21-15-18(20)16-10-6-4-7-11-16;1-11-10-18-16-14-8-4-2-6-12(14)13-7-3-5-9-15(13)17(16)19-11;1-15(2,3)13-9-10-14(16-11-13)12-7-5-4-6-8-12;1-10-6-5-9-13-12(10)11-7-3-2-4-8-11;2*1-4(6)3-5(2)7;;;;/h7-10,12-15H,1-6H3;4-12,14-15H,1-3H3;2-7,9-10H,1H3;4-7,9-11H,1-3H3;2-7,9H,1H3;2*3,6H,1-2H3;;;;/q5*-1;;;;;;. The van der Waals surface area contributed by atoms with Crippen LogP contribution in [0.1, 0.15) is 101 Å². The third kappa shape index (κ3) is 28.2. The van der Waals surface area contributed by atoms with Crippen LogP contribution in [0.25, 0.3) is 99.5 Å². The molecule has 0 saturated heterocycles. The molecular formula is C96H99GeIr4N6O4Si-5. The van der Waals surface area contributed by atoms with Crippen molar-refractivity contribution in [3.05, 3.63) is 325 Å². The number of aliphatic hydroxyl groups is 2. The number of ketones is 2.